The second kappa shape index (κ2) is 4.58. The molecule has 2 N–H and O–H groups in total. The molecule has 0 aromatic carbocycles. The van der Waals surface area contributed by atoms with Gasteiger partial charge in [0.1, 0.15) is 0 Å². The fourth-order valence-corrected chi connectivity index (χ4v) is 6.48. The molecule has 2 nitrogen and oxygen atoms in total. The van der Waals surface area contributed by atoms with Gasteiger partial charge in [0.2, 0.25) is 0 Å². The first kappa shape index (κ1) is 14.3. The molecule has 7 atom stereocenters. The second-order valence-electron chi connectivity index (χ2n) is 8.80. The lowest BCUT2D eigenvalue weighted by Crippen LogP contribution is -2.49. The van der Waals surface area contributed by atoms with Crippen LogP contribution in [0.15, 0.2) is 11.6 Å². The topological polar surface area (TPSA) is 40.5 Å². The van der Waals surface area contributed by atoms with Crippen LogP contribution in [0.3, 0.4) is 0 Å². The monoisotopic (exact) mass is 290 g/mol. The maximum Gasteiger partial charge on any atom is 0.0599 e. The Morgan fingerprint density at radius 3 is 2.67 bits per heavy atom. The van der Waals surface area contributed by atoms with Crippen molar-refractivity contribution in [2.75, 3.05) is 0 Å². The average Bonchev–Trinajstić information content (AvgIpc) is 2.76. The van der Waals surface area contributed by atoms with Gasteiger partial charge in [0.15, 0.2) is 0 Å². The van der Waals surface area contributed by atoms with E-state index >= 15 is 0 Å². The van der Waals surface area contributed by atoms with Crippen molar-refractivity contribution < 1.29 is 10.2 Å². The van der Waals surface area contributed by atoms with E-state index in [0.717, 1.165) is 32.1 Å². The zero-order chi connectivity index (χ0) is 14.8. The molecule has 0 radical (unpaired) electrons. The Balaban J connectivity index is 1.69. The van der Waals surface area contributed by atoms with Gasteiger partial charge in [-0.05, 0) is 74.5 Å². The Bertz CT molecular complexity index is 470. The van der Waals surface area contributed by atoms with E-state index in [9.17, 15) is 10.2 Å². The van der Waals surface area contributed by atoms with Gasteiger partial charge < -0.3 is 10.2 Å². The summed E-state index contributed by atoms with van der Waals surface area (Å²) in [6.45, 7) is 4.79. The molecule has 0 saturated heterocycles. The molecule has 0 amide bonds. The van der Waals surface area contributed by atoms with Crippen LogP contribution in [0.5, 0.6) is 0 Å². The minimum absolute atomic E-state index is 0.0672. The normalized spacial score (nSPS) is 56.2. The number of allylic oxidation sites excluding steroid dienone is 2. The Morgan fingerprint density at radius 1 is 1.05 bits per heavy atom. The second-order valence-corrected chi connectivity index (χ2v) is 8.80. The Kier molecular flexibility index (Phi) is 3.11. The third-order valence-electron chi connectivity index (χ3n) is 7.95. The van der Waals surface area contributed by atoms with Crippen LogP contribution in [-0.4, -0.2) is 22.4 Å². The summed E-state index contributed by atoms with van der Waals surface area (Å²) >= 11 is 0. The number of hydrogen-bond donors (Lipinski definition) is 2. The molecule has 0 bridgehead atoms. The molecule has 21 heavy (non-hydrogen) atoms. The molecule has 4 aliphatic carbocycles. The SMILES string of the molecule is C[C@]12CC=C3C(CC[C@@H]4C[C@H](O)CC[C@]34C)C1CC[C@@H]2O. The number of rotatable bonds is 0. The van der Waals surface area contributed by atoms with Gasteiger partial charge in [0, 0.05) is 5.41 Å². The van der Waals surface area contributed by atoms with Gasteiger partial charge in [-0.1, -0.05) is 25.5 Å². The van der Waals surface area contributed by atoms with Crippen molar-refractivity contribution >= 4 is 0 Å². The van der Waals surface area contributed by atoms with E-state index < -0.39 is 0 Å². The molecule has 0 heterocycles. The van der Waals surface area contributed by atoms with Crippen molar-refractivity contribution in [1.82, 2.24) is 0 Å². The van der Waals surface area contributed by atoms with Gasteiger partial charge in [0.25, 0.3) is 0 Å². The molecular weight excluding hydrogens is 260 g/mol. The van der Waals surface area contributed by atoms with Gasteiger partial charge in [-0.25, -0.2) is 0 Å². The molecule has 0 aromatic heterocycles. The Hall–Kier alpha value is -0.340. The average molecular weight is 290 g/mol. The van der Waals surface area contributed by atoms with Crippen molar-refractivity contribution in [2.24, 2.45) is 28.6 Å². The molecule has 0 spiro atoms. The van der Waals surface area contributed by atoms with Gasteiger partial charge >= 0.3 is 0 Å². The number of hydrogen-bond acceptors (Lipinski definition) is 2. The maximum atomic E-state index is 10.4. The fraction of sp³-hybridized carbons (Fsp3) is 0.895. The fourth-order valence-electron chi connectivity index (χ4n) is 6.48. The number of aliphatic hydroxyl groups is 2. The van der Waals surface area contributed by atoms with Crippen LogP contribution in [0, 0.1) is 28.6 Å². The zero-order valence-electron chi connectivity index (χ0n) is 13.5. The standard InChI is InChI=1S/C19H30O2/c1-18-9-7-13(20)11-12(18)3-4-14-15-5-6-17(21)19(15,2)10-8-16(14)18/h8,12-15,17,20-21H,3-7,9-11H2,1-2H3/t12-,13-,14?,15?,17+,18+,19+/m1/s1. The molecule has 0 aliphatic heterocycles. The summed E-state index contributed by atoms with van der Waals surface area (Å²) in [4.78, 5) is 0. The molecule has 4 aliphatic rings. The first-order chi connectivity index (χ1) is 9.95. The van der Waals surface area contributed by atoms with Crippen molar-refractivity contribution in [3.63, 3.8) is 0 Å². The van der Waals surface area contributed by atoms with E-state index in [1.807, 2.05) is 0 Å². The lowest BCUT2D eigenvalue weighted by molar-refractivity contribution is -0.0262. The molecular formula is C19H30O2. The van der Waals surface area contributed by atoms with Gasteiger partial charge in [-0.2, -0.15) is 0 Å². The smallest absolute Gasteiger partial charge is 0.0599 e. The summed E-state index contributed by atoms with van der Waals surface area (Å²) in [6.07, 6.45) is 11.3. The van der Waals surface area contributed by atoms with Gasteiger partial charge in [-0.3, -0.25) is 0 Å². The van der Waals surface area contributed by atoms with E-state index in [-0.39, 0.29) is 17.6 Å². The van der Waals surface area contributed by atoms with Crippen molar-refractivity contribution in [3.05, 3.63) is 11.6 Å². The molecule has 118 valence electrons. The summed E-state index contributed by atoms with van der Waals surface area (Å²) in [6, 6.07) is 0. The molecule has 3 fully saturated rings. The van der Waals surface area contributed by atoms with E-state index in [0.29, 0.717) is 23.2 Å². The summed E-state index contributed by atoms with van der Waals surface area (Å²) in [7, 11) is 0. The highest BCUT2D eigenvalue weighted by Crippen LogP contribution is 2.64. The number of fused-ring (bicyclic) bond motifs is 5. The maximum absolute atomic E-state index is 10.4. The van der Waals surface area contributed by atoms with Crippen LogP contribution in [0.2, 0.25) is 0 Å². The van der Waals surface area contributed by atoms with Crippen molar-refractivity contribution in [2.45, 2.75) is 77.4 Å². The summed E-state index contributed by atoms with van der Waals surface area (Å²) in [5, 5.41) is 20.5. The van der Waals surface area contributed by atoms with Crippen molar-refractivity contribution in [1.29, 1.82) is 0 Å². The van der Waals surface area contributed by atoms with Crippen molar-refractivity contribution in [3.8, 4) is 0 Å². The van der Waals surface area contributed by atoms with Crippen LogP contribution >= 0.6 is 0 Å². The van der Waals surface area contributed by atoms with Gasteiger partial charge in [-0.15, -0.1) is 0 Å². The summed E-state index contributed by atoms with van der Waals surface area (Å²) in [5.41, 5.74) is 2.17. The zero-order valence-corrected chi connectivity index (χ0v) is 13.5. The first-order valence-electron chi connectivity index (χ1n) is 9.02. The van der Waals surface area contributed by atoms with E-state index in [4.69, 9.17) is 0 Å². The lowest BCUT2D eigenvalue weighted by atomic mass is 9.49. The van der Waals surface area contributed by atoms with Crippen LogP contribution in [-0.2, 0) is 0 Å². The Morgan fingerprint density at radius 2 is 1.86 bits per heavy atom. The highest BCUT2D eigenvalue weighted by atomic mass is 16.3. The predicted octanol–water partition coefficient (Wildman–Crippen LogP) is 3.67. The van der Waals surface area contributed by atoms with Crippen LogP contribution in [0.4, 0.5) is 0 Å². The van der Waals surface area contributed by atoms with E-state index in [2.05, 4.69) is 19.9 Å². The predicted molar refractivity (Wildman–Crippen MR) is 83.7 cm³/mol. The molecule has 0 aromatic rings. The quantitative estimate of drug-likeness (QED) is 0.668. The molecule has 3 saturated carbocycles. The third-order valence-corrected chi connectivity index (χ3v) is 7.95. The molecule has 2 unspecified atom stereocenters. The minimum Gasteiger partial charge on any atom is -0.393 e. The summed E-state index contributed by atoms with van der Waals surface area (Å²) in [5.74, 6) is 2.08. The van der Waals surface area contributed by atoms with Crippen LogP contribution in [0.25, 0.3) is 0 Å². The highest BCUT2D eigenvalue weighted by Gasteiger charge is 2.56. The Labute approximate surface area is 128 Å². The van der Waals surface area contributed by atoms with Gasteiger partial charge in [0.05, 0.1) is 12.2 Å². The third kappa shape index (κ3) is 1.84. The number of aliphatic hydroxyl groups excluding tert-OH is 2. The van der Waals surface area contributed by atoms with Crippen LogP contribution in [0.1, 0.15) is 65.2 Å². The lowest BCUT2D eigenvalue weighted by Gasteiger charge is -2.56. The molecule has 2 heteroatoms. The summed E-state index contributed by atoms with van der Waals surface area (Å²) < 4.78 is 0. The molecule has 4 rings (SSSR count). The van der Waals surface area contributed by atoms with Crippen LogP contribution < -0.4 is 0 Å². The largest absolute Gasteiger partial charge is 0.393 e. The highest BCUT2D eigenvalue weighted by molar-refractivity contribution is 5.29. The van der Waals surface area contributed by atoms with E-state index in [1.54, 1.807) is 5.57 Å². The van der Waals surface area contributed by atoms with E-state index in [1.165, 1.54) is 19.3 Å². The first-order valence-corrected chi connectivity index (χ1v) is 9.02. The minimum atomic E-state index is -0.0981.